The highest BCUT2D eigenvalue weighted by molar-refractivity contribution is 7.14. The standard InChI is InChI=1S/C13H20N2O2S/c1-2-17-13(16)11-12(18-9-15-11)14-8-7-10-5-3-4-6-10/h9-10,14H,2-8H2,1H3. The van der Waals surface area contributed by atoms with Crippen LogP contribution in [0.3, 0.4) is 0 Å². The molecule has 1 saturated carbocycles. The van der Waals surface area contributed by atoms with Crippen molar-refractivity contribution in [3.05, 3.63) is 11.2 Å². The van der Waals surface area contributed by atoms with E-state index in [1.54, 1.807) is 12.4 Å². The van der Waals surface area contributed by atoms with Crippen LogP contribution in [0.25, 0.3) is 0 Å². The number of hydrogen-bond donors (Lipinski definition) is 1. The van der Waals surface area contributed by atoms with Crippen molar-refractivity contribution in [2.24, 2.45) is 5.92 Å². The lowest BCUT2D eigenvalue weighted by atomic mass is 10.0. The molecule has 0 unspecified atom stereocenters. The first-order valence-electron chi connectivity index (χ1n) is 6.65. The summed E-state index contributed by atoms with van der Waals surface area (Å²) >= 11 is 1.46. The summed E-state index contributed by atoms with van der Waals surface area (Å²) in [7, 11) is 0. The van der Waals surface area contributed by atoms with Gasteiger partial charge >= 0.3 is 5.97 Å². The van der Waals surface area contributed by atoms with E-state index in [-0.39, 0.29) is 5.97 Å². The quantitative estimate of drug-likeness (QED) is 0.804. The maximum Gasteiger partial charge on any atom is 0.360 e. The van der Waals surface area contributed by atoms with E-state index in [4.69, 9.17) is 4.74 Å². The lowest BCUT2D eigenvalue weighted by Gasteiger charge is -2.10. The van der Waals surface area contributed by atoms with E-state index in [2.05, 4.69) is 10.3 Å². The average Bonchev–Trinajstić information content (AvgIpc) is 3.00. The van der Waals surface area contributed by atoms with Gasteiger partial charge < -0.3 is 10.1 Å². The molecule has 1 aromatic rings. The Hall–Kier alpha value is -1.10. The van der Waals surface area contributed by atoms with Crippen molar-refractivity contribution >= 4 is 22.3 Å². The second-order valence-corrected chi connectivity index (χ2v) is 5.47. The van der Waals surface area contributed by atoms with E-state index in [9.17, 15) is 4.79 Å². The molecule has 1 aliphatic rings. The highest BCUT2D eigenvalue weighted by Crippen LogP contribution is 2.28. The minimum absolute atomic E-state index is 0.331. The maximum absolute atomic E-state index is 11.6. The summed E-state index contributed by atoms with van der Waals surface area (Å²) in [6, 6.07) is 0. The number of hydrogen-bond acceptors (Lipinski definition) is 5. The van der Waals surface area contributed by atoms with Crippen LogP contribution in [0.5, 0.6) is 0 Å². The Morgan fingerprint density at radius 2 is 2.33 bits per heavy atom. The lowest BCUT2D eigenvalue weighted by Crippen LogP contribution is -2.11. The van der Waals surface area contributed by atoms with Crippen LogP contribution in [0.1, 0.15) is 49.5 Å². The van der Waals surface area contributed by atoms with Crippen LogP contribution < -0.4 is 5.32 Å². The van der Waals surface area contributed by atoms with Crippen LogP contribution in [0, 0.1) is 5.92 Å². The summed E-state index contributed by atoms with van der Waals surface area (Å²) in [6.45, 7) is 3.11. The second-order valence-electron chi connectivity index (χ2n) is 4.62. The van der Waals surface area contributed by atoms with Crippen molar-refractivity contribution in [1.29, 1.82) is 0 Å². The molecular formula is C13H20N2O2S. The van der Waals surface area contributed by atoms with Crippen LogP contribution in [-0.4, -0.2) is 24.1 Å². The molecule has 0 atom stereocenters. The van der Waals surface area contributed by atoms with E-state index in [1.807, 2.05) is 0 Å². The van der Waals surface area contributed by atoms with Gasteiger partial charge in [0.05, 0.1) is 12.1 Å². The Balaban J connectivity index is 1.81. The molecule has 2 rings (SSSR count). The van der Waals surface area contributed by atoms with Gasteiger partial charge in [0.1, 0.15) is 5.00 Å². The number of ether oxygens (including phenoxy) is 1. The van der Waals surface area contributed by atoms with Crippen LogP contribution >= 0.6 is 11.3 Å². The van der Waals surface area contributed by atoms with Crippen LogP contribution in [0.2, 0.25) is 0 Å². The monoisotopic (exact) mass is 268 g/mol. The van der Waals surface area contributed by atoms with Crippen molar-refractivity contribution in [3.63, 3.8) is 0 Å². The number of anilines is 1. The fourth-order valence-electron chi connectivity index (χ4n) is 2.41. The van der Waals surface area contributed by atoms with E-state index in [0.29, 0.717) is 12.3 Å². The van der Waals surface area contributed by atoms with Gasteiger partial charge in [-0.2, -0.15) is 0 Å². The average molecular weight is 268 g/mol. The van der Waals surface area contributed by atoms with Crippen molar-refractivity contribution < 1.29 is 9.53 Å². The van der Waals surface area contributed by atoms with Gasteiger partial charge in [0.25, 0.3) is 0 Å². The minimum Gasteiger partial charge on any atom is -0.461 e. The van der Waals surface area contributed by atoms with Gasteiger partial charge in [0.15, 0.2) is 5.69 Å². The Morgan fingerprint density at radius 1 is 1.56 bits per heavy atom. The molecule has 0 bridgehead atoms. The number of aromatic nitrogens is 1. The van der Waals surface area contributed by atoms with Crippen molar-refractivity contribution in [3.8, 4) is 0 Å². The molecule has 1 fully saturated rings. The van der Waals surface area contributed by atoms with Gasteiger partial charge in [-0.1, -0.05) is 25.7 Å². The lowest BCUT2D eigenvalue weighted by molar-refractivity contribution is 0.0521. The Labute approximate surface area is 112 Å². The molecule has 100 valence electrons. The second kappa shape index (κ2) is 6.73. The van der Waals surface area contributed by atoms with E-state index in [1.165, 1.54) is 43.4 Å². The third kappa shape index (κ3) is 3.45. The molecule has 18 heavy (non-hydrogen) atoms. The minimum atomic E-state index is -0.331. The summed E-state index contributed by atoms with van der Waals surface area (Å²) in [4.78, 5) is 15.7. The van der Waals surface area contributed by atoms with E-state index in [0.717, 1.165) is 17.5 Å². The van der Waals surface area contributed by atoms with Gasteiger partial charge in [-0.25, -0.2) is 9.78 Å². The Morgan fingerprint density at radius 3 is 3.06 bits per heavy atom. The molecule has 0 aromatic carbocycles. The van der Waals surface area contributed by atoms with Crippen LogP contribution in [-0.2, 0) is 4.74 Å². The molecule has 0 radical (unpaired) electrons. The summed E-state index contributed by atoms with van der Waals surface area (Å²) in [5, 5.41) is 4.15. The molecule has 1 heterocycles. The zero-order chi connectivity index (χ0) is 12.8. The van der Waals surface area contributed by atoms with Crippen LogP contribution in [0.15, 0.2) is 5.51 Å². The fraction of sp³-hybridized carbons (Fsp3) is 0.692. The van der Waals surface area contributed by atoms with Crippen LogP contribution in [0.4, 0.5) is 5.00 Å². The number of esters is 1. The largest absolute Gasteiger partial charge is 0.461 e. The molecule has 4 nitrogen and oxygen atoms in total. The molecule has 0 aliphatic heterocycles. The Bertz CT molecular complexity index is 386. The van der Waals surface area contributed by atoms with E-state index >= 15 is 0 Å². The topological polar surface area (TPSA) is 51.2 Å². The first-order valence-corrected chi connectivity index (χ1v) is 7.53. The summed E-state index contributed by atoms with van der Waals surface area (Å²) in [5.41, 5.74) is 2.11. The van der Waals surface area contributed by atoms with Crippen molar-refractivity contribution in [1.82, 2.24) is 4.98 Å². The van der Waals surface area contributed by atoms with Gasteiger partial charge in [-0.05, 0) is 19.3 Å². The molecule has 0 saturated heterocycles. The highest BCUT2D eigenvalue weighted by atomic mass is 32.1. The van der Waals surface area contributed by atoms with Crippen molar-refractivity contribution in [2.45, 2.75) is 39.0 Å². The smallest absolute Gasteiger partial charge is 0.360 e. The van der Waals surface area contributed by atoms with Gasteiger partial charge in [0.2, 0.25) is 0 Å². The number of nitrogens with one attached hydrogen (secondary N) is 1. The maximum atomic E-state index is 11.6. The first kappa shape index (κ1) is 13.3. The molecule has 0 spiro atoms. The van der Waals surface area contributed by atoms with Gasteiger partial charge in [-0.3, -0.25) is 0 Å². The third-order valence-electron chi connectivity index (χ3n) is 3.35. The normalized spacial score (nSPS) is 15.8. The SMILES string of the molecule is CCOC(=O)c1ncsc1NCCC1CCCC1. The van der Waals surface area contributed by atoms with Gasteiger partial charge in [-0.15, -0.1) is 11.3 Å². The number of thiazole rings is 1. The summed E-state index contributed by atoms with van der Waals surface area (Å²) in [5.74, 6) is 0.526. The molecule has 0 amide bonds. The fourth-order valence-corrected chi connectivity index (χ4v) is 3.10. The number of carbonyl (C=O) groups excluding carboxylic acids is 1. The molecular weight excluding hydrogens is 248 g/mol. The zero-order valence-corrected chi connectivity index (χ0v) is 11.6. The summed E-state index contributed by atoms with van der Waals surface area (Å²) in [6.07, 6.45) is 6.64. The number of rotatable bonds is 6. The molecule has 1 aliphatic carbocycles. The molecule has 5 heteroatoms. The van der Waals surface area contributed by atoms with Gasteiger partial charge in [0, 0.05) is 6.54 Å². The van der Waals surface area contributed by atoms with E-state index < -0.39 is 0 Å². The summed E-state index contributed by atoms with van der Waals surface area (Å²) < 4.78 is 4.97. The highest BCUT2D eigenvalue weighted by Gasteiger charge is 2.17. The number of carbonyl (C=O) groups is 1. The predicted octanol–water partition coefficient (Wildman–Crippen LogP) is 3.31. The molecule has 1 aromatic heterocycles. The zero-order valence-electron chi connectivity index (χ0n) is 10.8. The molecule has 1 N–H and O–H groups in total. The first-order chi connectivity index (χ1) is 8.81. The van der Waals surface area contributed by atoms with Crippen molar-refractivity contribution in [2.75, 3.05) is 18.5 Å². The third-order valence-corrected chi connectivity index (χ3v) is 4.13. The Kier molecular flexibility index (Phi) is 4.99. The number of nitrogens with zero attached hydrogens (tertiary/aromatic N) is 1. The predicted molar refractivity (Wildman–Crippen MR) is 73.1 cm³/mol.